The van der Waals surface area contributed by atoms with E-state index < -0.39 is 6.36 Å². The first-order chi connectivity index (χ1) is 14.8. The standard InChI is InChI=1S/C22H25F3N2O3S/c23-22(24,25)30-19-6-2-1-4-16(19)7-8-20(28)27-13-10-17(11-14-27)21(29)26-12-9-18-5-3-15-31-18/h1-6,15,17H,7-14H2,(H,26,29). The summed E-state index contributed by atoms with van der Waals surface area (Å²) in [5.41, 5.74) is 0.341. The molecule has 1 N–H and O–H groups in total. The normalized spacial score (nSPS) is 15.0. The highest BCUT2D eigenvalue weighted by molar-refractivity contribution is 7.09. The Hall–Kier alpha value is -2.55. The molecular formula is C22H25F3N2O3S. The number of alkyl halides is 3. The molecule has 2 aromatic rings. The van der Waals surface area contributed by atoms with Gasteiger partial charge < -0.3 is 15.0 Å². The van der Waals surface area contributed by atoms with Crippen molar-refractivity contribution in [1.82, 2.24) is 10.2 Å². The van der Waals surface area contributed by atoms with Crippen LogP contribution in [-0.2, 0) is 22.4 Å². The van der Waals surface area contributed by atoms with E-state index in [0.29, 0.717) is 38.0 Å². The van der Waals surface area contributed by atoms with Gasteiger partial charge in [0.05, 0.1) is 0 Å². The van der Waals surface area contributed by atoms with Gasteiger partial charge in [-0.1, -0.05) is 24.3 Å². The Morgan fingerprint density at radius 3 is 2.52 bits per heavy atom. The number of halogens is 3. The van der Waals surface area contributed by atoms with E-state index in [1.807, 2.05) is 17.5 Å². The van der Waals surface area contributed by atoms with Crippen molar-refractivity contribution in [3.63, 3.8) is 0 Å². The molecule has 1 aliphatic rings. The molecule has 9 heteroatoms. The first kappa shape index (κ1) is 23.1. The Labute approximate surface area is 183 Å². The van der Waals surface area contributed by atoms with Gasteiger partial charge in [-0.3, -0.25) is 9.59 Å². The quantitative estimate of drug-likeness (QED) is 0.651. The van der Waals surface area contributed by atoms with Crippen molar-refractivity contribution in [3.8, 4) is 5.75 Å². The predicted octanol–water partition coefficient (Wildman–Crippen LogP) is 4.18. The van der Waals surface area contributed by atoms with Crippen LogP contribution < -0.4 is 10.1 Å². The number of carbonyl (C=O) groups excluding carboxylic acids is 2. The van der Waals surface area contributed by atoms with Gasteiger partial charge in [0.1, 0.15) is 5.75 Å². The third kappa shape index (κ3) is 7.27. The van der Waals surface area contributed by atoms with Crippen molar-refractivity contribution in [2.24, 2.45) is 5.92 Å². The van der Waals surface area contributed by atoms with Gasteiger partial charge in [0, 0.05) is 36.9 Å². The van der Waals surface area contributed by atoms with Crippen LogP contribution in [0.3, 0.4) is 0 Å². The Morgan fingerprint density at radius 2 is 1.84 bits per heavy atom. The molecule has 0 spiro atoms. The van der Waals surface area contributed by atoms with Gasteiger partial charge in [0.25, 0.3) is 0 Å². The zero-order valence-corrected chi connectivity index (χ0v) is 17.8. The van der Waals surface area contributed by atoms with Gasteiger partial charge in [0.2, 0.25) is 11.8 Å². The fourth-order valence-electron chi connectivity index (χ4n) is 3.63. The minimum Gasteiger partial charge on any atom is -0.406 e. The smallest absolute Gasteiger partial charge is 0.406 e. The minimum atomic E-state index is -4.77. The van der Waals surface area contributed by atoms with Crippen LogP contribution >= 0.6 is 11.3 Å². The third-order valence-corrected chi connectivity index (χ3v) is 6.21. The molecule has 1 fully saturated rings. The van der Waals surface area contributed by atoms with Crippen LogP contribution in [0, 0.1) is 5.92 Å². The second-order valence-corrected chi connectivity index (χ2v) is 8.46. The number of aryl methyl sites for hydroxylation is 1. The number of benzene rings is 1. The minimum absolute atomic E-state index is 0.0156. The number of thiophene rings is 1. The van der Waals surface area contributed by atoms with E-state index in [1.165, 1.54) is 23.1 Å². The first-order valence-corrected chi connectivity index (χ1v) is 11.1. The summed E-state index contributed by atoms with van der Waals surface area (Å²) < 4.78 is 41.6. The maximum Gasteiger partial charge on any atom is 0.573 e. The molecule has 1 aromatic carbocycles. The van der Waals surface area contributed by atoms with E-state index in [2.05, 4.69) is 10.1 Å². The lowest BCUT2D eigenvalue weighted by molar-refractivity contribution is -0.274. The maximum atomic E-state index is 12.5. The van der Waals surface area contributed by atoms with Gasteiger partial charge in [-0.05, 0) is 48.8 Å². The Bertz CT molecular complexity index is 863. The fraction of sp³-hybridized carbons (Fsp3) is 0.455. The molecule has 0 atom stereocenters. The van der Waals surface area contributed by atoms with Crippen molar-refractivity contribution in [1.29, 1.82) is 0 Å². The van der Waals surface area contributed by atoms with E-state index in [9.17, 15) is 22.8 Å². The summed E-state index contributed by atoms with van der Waals surface area (Å²) >= 11 is 1.66. The molecule has 0 radical (unpaired) electrons. The molecule has 31 heavy (non-hydrogen) atoms. The summed E-state index contributed by atoms with van der Waals surface area (Å²) in [5, 5.41) is 4.97. The summed E-state index contributed by atoms with van der Waals surface area (Å²) in [4.78, 5) is 27.8. The van der Waals surface area contributed by atoms with Crippen LogP contribution in [0.1, 0.15) is 29.7 Å². The predicted molar refractivity (Wildman–Crippen MR) is 112 cm³/mol. The van der Waals surface area contributed by atoms with Gasteiger partial charge >= 0.3 is 6.36 Å². The van der Waals surface area contributed by atoms with Crippen LogP contribution in [0.5, 0.6) is 5.75 Å². The Morgan fingerprint density at radius 1 is 1.10 bits per heavy atom. The lowest BCUT2D eigenvalue weighted by Gasteiger charge is -2.31. The number of para-hydroxylation sites is 1. The van der Waals surface area contributed by atoms with Gasteiger partial charge in [0.15, 0.2) is 0 Å². The topological polar surface area (TPSA) is 58.6 Å². The first-order valence-electron chi connectivity index (χ1n) is 10.2. The lowest BCUT2D eigenvalue weighted by Crippen LogP contribution is -2.43. The maximum absolute atomic E-state index is 12.5. The van der Waals surface area contributed by atoms with Crippen molar-refractivity contribution in [2.45, 2.75) is 38.5 Å². The number of rotatable bonds is 8. The number of nitrogens with one attached hydrogen (secondary N) is 1. The van der Waals surface area contributed by atoms with Crippen molar-refractivity contribution >= 4 is 23.2 Å². The molecule has 0 aliphatic carbocycles. The second-order valence-electron chi connectivity index (χ2n) is 7.43. The SMILES string of the molecule is O=C(NCCc1cccs1)C1CCN(C(=O)CCc2ccccc2OC(F)(F)F)CC1. The molecule has 2 heterocycles. The molecule has 2 amide bonds. The molecule has 168 valence electrons. The number of likely N-dealkylation sites (tertiary alicyclic amines) is 1. The van der Waals surface area contributed by atoms with Crippen LogP contribution in [-0.4, -0.2) is 42.7 Å². The third-order valence-electron chi connectivity index (χ3n) is 5.28. The number of hydrogen-bond acceptors (Lipinski definition) is 4. The van der Waals surface area contributed by atoms with Gasteiger partial charge in [-0.15, -0.1) is 24.5 Å². The molecule has 0 unspecified atom stereocenters. The molecule has 3 rings (SSSR count). The molecule has 1 aromatic heterocycles. The zero-order chi connectivity index (χ0) is 22.3. The molecule has 0 saturated carbocycles. The zero-order valence-electron chi connectivity index (χ0n) is 17.0. The van der Waals surface area contributed by atoms with Crippen molar-refractivity contribution in [2.75, 3.05) is 19.6 Å². The van der Waals surface area contributed by atoms with Crippen molar-refractivity contribution in [3.05, 3.63) is 52.2 Å². The van der Waals surface area contributed by atoms with E-state index in [0.717, 1.165) is 6.42 Å². The summed E-state index contributed by atoms with van der Waals surface area (Å²) in [7, 11) is 0. The molecule has 1 saturated heterocycles. The van der Waals surface area contributed by atoms with Crippen LogP contribution in [0.15, 0.2) is 41.8 Å². The largest absolute Gasteiger partial charge is 0.573 e. The summed E-state index contributed by atoms with van der Waals surface area (Å²) in [6.07, 6.45) is -2.54. The highest BCUT2D eigenvalue weighted by Crippen LogP contribution is 2.27. The summed E-state index contributed by atoms with van der Waals surface area (Å²) in [6, 6.07) is 9.87. The van der Waals surface area contributed by atoms with E-state index in [4.69, 9.17) is 0 Å². The Kier molecular flexibility index (Phi) is 7.95. The molecule has 1 aliphatic heterocycles. The van der Waals surface area contributed by atoms with E-state index in [1.54, 1.807) is 22.3 Å². The number of nitrogens with zero attached hydrogens (tertiary/aromatic N) is 1. The van der Waals surface area contributed by atoms with Gasteiger partial charge in [-0.25, -0.2) is 0 Å². The fourth-order valence-corrected chi connectivity index (χ4v) is 4.34. The average molecular weight is 455 g/mol. The highest BCUT2D eigenvalue weighted by atomic mass is 32.1. The average Bonchev–Trinajstić information content (AvgIpc) is 3.25. The van der Waals surface area contributed by atoms with Crippen LogP contribution in [0.25, 0.3) is 0 Å². The van der Waals surface area contributed by atoms with Crippen LogP contribution in [0.2, 0.25) is 0 Å². The monoisotopic (exact) mass is 454 g/mol. The van der Waals surface area contributed by atoms with E-state index >= 15 is 0 Å². The van der Waals surface area contributed by atoms with Crippen molar-refractivity contribution < 1.29 is 27.5 Å². The summed E-state index contributed by atoms with van der Waals surface area (Å²) in [6.45, 7) is 1.54. The van der Waals surface area contributed by atoms with E-state index in [-0.39, 0.29) is 36.3 Å². The number of carbonyl (C=O) groups is 2. The number of hydrogen-bond donors (Lipinski definition) is 1. The lowest BCUT2D eigenvalue weighted by atomic mass is 9.95. The van der Waals surface area contributed by atoms with Gasteiger partial charge in [-0.2, -0.15) is 0 Å². The highest BCUT2D eigenvalue weighted by Gasteiger charge is 2.32. The number of piperidine rings is 1. The molecular weight excluding hydrogens is 429 g/mol. The molecule has 5 nitrogen and oxygen atoms in total. The second kappa shape index (κ2) is 10.7. The number of ether oxygens (including phenoxy) is 1. The van der Waals surface area contributed by atoms with Crippen LogP contribution in [0.4, 0.5) is 13.2 Å². The summed E-state index contributed by atoms with van der Waals surface area (Å²) in [5.74, 6) is -0.505. The number of amides is 2. The Balaban J connectivity index is 1.41. The molecule has 0 bridgehead atoms.